The van der Waals surface area contributed by atoms with Gasteiger partial charge in [0.2, 0.25) is 0 Å². The van der Waals surface area contributed by atoms with Gasteiger partial charge in [-0.1, -0.05) is 5.92 Å². The van der Waals surface area contributed by atoms with Crippen LogP contribution in [0.5, 0.6) is 0 Å². The highest BCUT2D eigenvalue weighted by Crippen LogP contribution is 2.15. The lowest BCUT2D eigenvalue weighted by Crippen LogP contribution is -2.24. The van der Waals surface area contributed by atoms with Gasteiger partial charge in [-0.2, -0.15) is 5.10 Å². The van der Waals surface area contributed by atoms with E-state index >= 15 is 0 Å². The molecule has 7 nitrogen and oxygen atoms in total. The number of nitrogens with one attached hydrogen (secondary N) is 1. The Morgan fingerprint density at radius 3 is 2.71 bits per heavy atom. The molecule has 0 bridgehead atoms. The van der Waals surface area contributed by atoms with Crippen LogP contribution in [-0.4, -0.2) is 28.4 Å². The molecule has 0 atom stereocenters. The highest BCUT2D eigenvalue weighted by atomic mass is 16.6. The second-order valence-electron chi connectivity index (χ2n) is 5.21. The zero-order valence-electron chi connectivity index (χ0n) is 12.6. The molecule has 0 unspecified atom stereocenters. The Morgan fingerprint density at radius 2 is 2.10 bits per heavy atom. The first kappa shape index (κ1) is 16.6. The summed E-state index contributed by atoms with van der Waals surface area (Å²) in [5.41, 5.74) is -0.130. The molecule has 0 aliphatic rings. The average molecular weight is 293 g/mol. The van der Waals surface area contributed by atoms with Crippen LogP contribution < -0.4 is 5.32 Å². The number of ether oxygens (including phenoxy) is 2. The lowest BCUT2D eigenvalue weighted by atomic mass is 9.98. The summed E-state index contributed by atoms with van der Waals surface area (Å²) in [5, 5.41) is 6.45. The maximum absolute atomic E-state index is 11.6. The normalized spacial score (nSPS) is 10.3. The van der Waals surface area contributed by atoms with Gasteiger partial charge in [0, 0.05) is 0 Å². The lowest BCUT2D eigenvalue weighted by Gasteiger charge is -2.16. The van der Waals surface area contributed by atoms with Crippen molar-refractivity contribution in [2.75, 3.05) is 11.9 Å². The van der Waals surface area contributed by atoms with Gasteiger partial charge in [-0.05, 0) is 27.7 Å². The molecule has 0 aliphatic heterocycles. The molecule has 1 N–H and O–H groups in total. The van der Waals surface area contributed by atoms with Gasteiger partial charge in [0.05, 0.1) is 23.5 Å². The van der Waals surface area contributed by atoms with Crippen LogP contribution in [0.1, 0.15) is 27.7 Å². The maximum Gasteiger partial charge on any atom is 0.412 e. The van der Waals surface area contributed by atoms with Crippen molar-refractivity contribution in [3.63, 3.8) is 0 Å². The Hall–Kier alpha value is -2.49. The zero-order chi connectivity index (χ0) is 15.9. The number of hydrogen-bond acceptors (Lipinski definition) is 5. The minimum Gasteiger partial charge on any atom is -0.442 e. The second kappa shape index (κ2) is 7.33. The molecule has 1 aromatic heterocycles. The van der Waals surface area contributed by atoms with E-state index in [1.54, 1.807) is 27.7 Å². The number of nitrogens with zero attached hydrogens (tertiary/aromatic N) is 2. The van der Waals surface area contributed by atoms with E-state index in [0.29, 0.717) is 5.69 Å². The Balaban J connectivity index is 2.44. The first-order valence-corrected chi connectivity index (χ1v) is 6.36. The predicted octanol–water partition coefficient (Wildman–Crippen LogP) is 2.00. The van der Waals surface area contributed by atoms with E-state index in [0.717, 1.165) is 0 Å². The Labute approximate surface area is 123 Å². The standard InChI is InChI=1S/C14H19N3O4/c1-5-6-7-20-13(19)16-11-8-15-17(9-11)10-21-12(18)14(2,3)4/h8-9H,7,10H2,1-4H3,(H,16,19). The molecule has 1 aromatic rings. The van der Waals surface area contributed by atoms with Gasteiger partial charge < -0.3 is 9.47 Å². The zero-order valence-corrected chi connectivity index (χ0v) is 12.6. The molecule has 0 saturated carbocycles. The fourth-order valence-electron chi connectivity index (χ4n) is 1.17. The monoisotopic (exact) mass is 293 g/mol. The van der Waals surface area contributed by atoms with Crippen LogP contribution in [0.4, 0.5) is 10.5 Å². The summed E-state index contributed by atoms with van der Waals surface area (Å²) in [5.74, 6) is 4.89. The van der Waals surface area contributed by atoms with Crippen LogP contribution in [0.25, 0.3) is 0 Å². The number of esters is 1. The number of hydrogen-bond donors (Lipinski definition) is 1. The van der Waals surface area contributed by atoms with Crippen molar-refractivity contribution in [3.05, 3.63) is 12.4 Å². The van der Waals surface area contributed by atoms with Crippen LogP contribution in [0.15, 0.2) is 12.4 Å². The van der Waals surface area contributed by atoms with E-state index in [2.05, 4.69) is 22.3 Å². The second-order valence-corrected chi connectivity index (χ2v) is 5.21. The molecule has 1 heterocycles. The maximum atomic E-state index is 11.6. The fourth-order valence-corrected chi connectivity index (χ4v) is 1.17. The van der Waals surface area contributed by atoms with Crippen LogP contribution in [-0.2, 0) is 21.0 Å². The summed E-state index contributed by atoms with van der Waals surface area (Å²) in [4.78, 5) is 23.0. The van der Waals surface area contributed by atoms with Crippen LogP contribution in [0.3, 0.4) is 0 Å². The first-order valence-electron chi connectivity index (χ1n) is 6.36. The SMILES string of the molecule is CC#CCOC(=O)Nc1cnn(COC(=O)C(C)(C)C)c1. The van der Waals surface area contributed by atoms with Crippen molar-refractivity contribution in [1.29, 1.82) is 0 Å². The van der Waals surface area contributed by atoms with E-state index in [1.807, 2.05) is 0 Å². The van der Waals surface area contributed by atoms with Gasteiger partial charge in [0.15, 0.2) is 13.3 Å². The van der Waals surface area contributed by atoms with E-state index < -0.39 is 11.5 Å². The minimum absolute atomic E-state index is 0.0197. The third kappa shape index (κ3) is 5.99. The molecule has 1 amide bonds. The van der Waals surface area contributed by atoms with Gasteiger partial charge >= 0.3 is 12.1 Å². The van der Waals surface area contributed by atoms with Crippen molar-refractivity contribution < 1.29 is 19.1 Å². The average Bonchev–Trinajstić information content (AvgIpc) is 2.82. The van der Waals surface area contributed by atoms with E-state index in [4.69, 9.17) is 9.47 Å². The van der Waals surface area contributed by atoms with Gasteiger partial charge in [-0.3, -0.25) is 10.1 Å². The minimum atomic E-state index is -0.621. The highest BCUT2D eigenvalue weighted by molar-refractivity contribution is 5.84. The Kier molecular flexibility index (Phi) is 5.79. The van der Waals surface area contributed by atoms with Gasteiger partial charge in [-0.25, -0.2) is 9.48 Å². The van der Waals surface area contributed by atoms with Gasteiger partial charge in [0.1, 0.15) is 0 Å². The van der Waals surface area contributed by atoms with Crippen molar-refractivity contribution >= 4 is 17.7 Å². The molecule has 0 aromatic carbocycles. The molecule has 7 heteroatoms. The quantitative estimate of drug-likeness (QED) is 0.678. The van der Waals surface area contributed by atoms with E-state index in [-0.39, 0.29) is 19.3 Å². The van der Waals surface area contributed by atoms with Gasteiger partial charge in [-0.15, -0.1) is 5.92 Å². The third-order valence-corrected chi connectivity index (χ3v) is 2.27. The summed E-state index contributed by atoms with van der Waals surface area (Å²) >= 11 is 0. The largest absolute Gasteiger partial charge is 0.442 e. The smallest absolute Gasteiger partial charge is 0.412 e. The number of aromatic nitrogens is 2. The number of carbonyl (C=O) groups excluding carboxylic acids is 2. The topological polar surface area (TPSA) is 82.4 Å². The highest BCUT2D eigenvalue weighted by Gasteiger charge is 2.23. The molecular weight excluding hydrogens is 274 g/mol. The lowest BCUT2D eigenvalue weighted by molar-refractivity contribution is -0.157. The van der Waals surface area contributed by atoms with Crippen molar-refractivity contribution in [2.45, 2.75) is 34.4 Å². The summed E-state index contributed by atoms with van der Waals surface area (Å²) in [6.45, 7) is 6.96. The summed E-state index contributed by atoms with van der Waals surface area (Å²) in [7, 11) is 0. The fraction of sp³-hybridized carbons (Fsp3) is 0.500. The van der Waals surface area contributed by atoms with Gasteiger partial charge in [0.25, 0.3) is 0 Å². The summed E-state index contributed by atoms with van der Waals surface area (Å²) in [6.07, 6.45) is 2.34. The van der Waals surface area contributed by atoms with Crippen LogP contribution >= 0.6 is 0 Å². The molecule has 21 heavy (non-hydrogen) atoms. The summed E-state index contributed by atoms with van der Waals surface area (Å²) < 4.78 is 11.3. The Bertz CT molecular complexity index is 561. The molecule has 0 radical (unpaired) electrons. The number of rotatable bonds is 4. The number of anilines is 1. The van der Waals surface area contributed by atoms with E-state index in [1.165, 1.54) is 17.1 Å². The molecular formula is C14H19N3O4. The third-order valence-electron chi connectivity index (χ3n) is 2.27. The first-order chi connectivity index (χ1) is 9.82. The Morgan fingerprint density at radius 1 is 1.38 bits per heavy atom. The van der Waals surface area contributed by atoms with Crippen molar-refractivity contribution in [2.24, 2.45) is 5.41 Å². The molecule has 0 fully saturated rings. The molecule has 114 valence electrons. The number of amides is 1. The summed E-state index contributed by atoms with van der Waals surface area (Å²) in [6, 6.07) is 0. The molecule has 0 aliphatic carbocycles. The van der Waals surface area contributed by atoms with E-state index in [9.17, 15) is 9.59 Å². The molecule has 1 rings (SSSR count). The van der Waals surface area contributed by atoms with Crippen molar-refractivity contribution in [3.8, 4) is 11.8 Å². The van der Waals surface area contributed by atoms with Crippen LogP contribution in [0.2, 0.25) is 0 Å². The van der Waals surface area contributed by atoms with Crippen LogP contribution in [0, 0.1) is 17.3 Å². The molecule has 0 spiro atoms. The molecule has 0 saturated heterocycles. The predicted molar refractivity (Wildman–Crippen MR) is 76.2 cm³/mol. The van der Waals surface area contributed by atoms with Crippen molar-refractivity contribution in [1.82, 2.24) is 9.78 Å². The number of carbonyl (C=O) groups is 2.